The summed E-state index contributed by atoms with van der Waals surface area (Å²) in [6.45, 7) is 2.95. The molecule has 0 unspecified atom stereocenters. The topological polar surface area (TPSA) is 72.3 Å². The van der Waals surface area contributed by atoms with Crippen LogP contribution in [-0.2, 0) is 6.54 Å². The number of amides is 2. The first-order valence-corrected chi connectivity index (χ1v) is 8.46. The predicted molar refractivity (Wildman–Crippen MR) is 97.3 cm³/mol. The first-order valence-electron chi connectivity index (χ1n) is 8.46. The molecule has 0 bridgehead atoms. The van der Waals surface area contributed by atoms with Gasteiger partial charge in [0.15, 0.2) is 0 Å². The largest absolute Gasteiger partial charge is 0.491 e. The lowest BCUT2D eigenvalue weighted by atomic mass is 10.2. The summed E-state index contributed by atoms with van der Waals surface area (Å²) in [6.07, 6.45) is 3.37. The number of fused-ring (bicyclic) bond motifs is 1. The van der Waals surface area contributed by atoms with Crippen LogP contribution in [0.4, 0.5) is 10.5 Å². The smallest absolute Gasteiger partial charge is 0.322 e. The Labute approximate surface area is 151 Å². The number of anilines is 1. The van der Waals surface area contributed by atoms with E-state index in [4.69, 9.17) is 4.74 Å². The molecule has 132 valence electrons. The standard InChI is InChI=1S/C19H19N5O2/c1-14-13-26-18-8-3-2-5-15(18)12-23(14)19(25)21-16-6-4-7-17(11-16)24-10-9-20-22-24/h2-11,14H,12-13H2,1H3,(H,21,25)/t14-/m1/s1. The summed E-state index contributed by atoms with van der Waals surface area (Å²) in [4.78, 5) is 14.6. The molecule has 4 rings (SSSR count). The molecule has 1 aromatic heterocycles. The Hall–Kier alpha value is -3.35. The highest BCUT2D eigenvalue weighted by atomic mass is 16.5. The lowest BCUT2D eigenvalue weighted by Crippen LogP contribution is -2.42. The summed E-state index contributed by atoms with van der Waals surface area (Å²) in [5.41, 5.74) is 2.54. The second kappa shape index (κ2) is 6.87. The molecule has 0 aliphatic carbocycles. The molecule has 1 aliphatic rings. The van der Waals surface area contributed by atoms with Crippen LogP contribution in [0.1, 0.15) is 12.5 Å². The molecule has 0 fully saturated rings. The summed E-state index contributed by atoms with van der Waals surface area (Å²) >= 11 is 0. The number of rotatable bonds is 2. The molecule has 1 N–H and O–H groups in total. The summed E-state index contributed by atoms with van der Waals surface area (Å²) in [7, 11) is 0. The zero-order chi connectivity index (χ0) is 17.9. The van der Waals surface area contributed by atoms with Gasteiger partial charge in [-0.3, -0.25) is 0 Å². The van der Waals surface area contributed by atoms with E-state index in [-0.39, 0.29) is 12.1 Å². The zero-order valence-corrected chi connectivity index (χ0v) is 14.4. The minimum Gasteiger partial charge on any atom is -0.491 e. The molecule has 7 nitrogen and oxygen atoms in total. The maximum absolute atomic E-state index is 12.9. The van der Waals surface area contributed by atoms with E-state index < -0.39 is 0 Å². The van der Waals surface area contributed by atoms with E-state index in [1.165, 1.54) is 0 Å². The number of ether oxygens (including phenoxy) is 1. The average Bonchev–Trinajstić information content (AvgIpc) is 3.14. The number of nitrogens with zero attached hydrogens (tertiary/aromatic N) is 4. The predicted octanol–water partition coefficient (Wildman–Crippen LogP) is 3.08. The summed E-state index contributed by atoms with van der Waals surface area (Å²) in [5.74, 6) is 0.836. The molecule has 2 heterocycles. The molecule has 2 aromatic carbocycles. The molecule has 0 radical (unpaired) electrons. The summed E-state index contributed by atoms with van der Waals surface area (Å²) in [5, 5.41) is 10.8. The molecular formula is C19H19N5O2. The van der Waals surface area contributed by atoms with Crippen molar-refractivity contribution in [3.8, 4) is 11.4 Å². The Balaban J connectivity index is 1.53. The Kier molecular flexibility index (Phi) is 4.27. The Bertz CT molecular complexity index is 910. The van der Waals surface area contributed by atoms with Crippen molar-refractivity contribution in [1.82, 2.24) is 19.9 Å². The molecule has 1 aliphatic heterocycles. The Morgan fingerprint density at radius 2 is 2.12 bits per heavy atom. The Morgan fingerprint density at radius 1 is 1.23 bits per heavy atom. The highest BCUT2D eigenvalue weighted by molar-refractivity contribution is 5.90. The van der Waals surface area contributed by atoms with Crippen molar-refractivity contribution in [2.24, 2.45) is 0 Å². The number of para-hydroxylation sites is 1. The van der Waals surface area contributed by atoms with Crippen LogP contribution in [0.15, 0.2) is 60.9 Å². The van der Waals surface area contributed by atoms with Crippen LogP contribution in [0.25, 0.3) is 5.69 Å². The van der Waals surface area contributed by atoms with E-state index in [1.807, 2.05) is 55.5 Å². The van der Waals surface area contributed by atoms with E-state index in [1.54, 1.807) is 22.0 Å². The number of hydrogen-bond donors (Lipinski definition) is 1. The third-order valence-electron chi connectivity index (χ3n) is 4.37. The fourth-order valence-electron chi connectivity index (χ4n) is 2.95. The molecule has 3 aromatic rings. The first-order chi connectivity index (χ1) is 12.7. The summed E-state index contributed by atoms with van der Waals surface area (Å²) < 4.78 is 7.47. The van der Waals surface area contributed by atoms with Crippen molar-refractivity contribution in [2.75, 3.05) is 11.9 Å². The van der Waals surface area contributed by atoms with Crippen molar-refractivity contribution in [3.63, 3.8) is 0 Å². The van der Waals surface area contributed by atoms with Crippen LogP contribution in [0.2, 0.25) is 0 Å². The third-order valence-corrected chi connectivity index (χ3v) is 4.37. The van der Waals surface area contributed by atoms with E-state index in [0.29, 0.717) is 18.8 Å². The van der Waals surface area contributed by atoms with Gasteiger partial charge in [-0.25, -0.2) is 9.48 Å². The van der Waals surface area contributed by atoms with E-state index >= 15 is 0 Å². The average molecular weight is 349 g/mol. The molecule has 1 atom stereocenters. The normalized spacial score (nSPS) is 16.3. The van der Waals surface area contributed by atoms with Gasteiger partial charge in [-0.15, -0.1) is 5.10 Å². The van der Waals surface area contributed by atoms with Crippen LogP contribution in [-0.4, -0.2) is 38.6 Å². The number of carbonyl (C=O) groups is 1. The van der Waals surface area contributed by atoms with Gasteiger partial charge in [0.05, 0.1) is 30.7 Å². The van der Waals surface area contributed by atoms with Gasteiger partial charge in [0, 0.05) is 11.3 Å². The minimum atomic E-state index is -0.159. The minimum absolute atomic E-state index is 0.0408. The van der Waals surface area contributed by atoms with Crippen molar-refractivity contribution >= 4 is 11.7 Å². The van der Waals surface area contributed by atoms with Gasteiger partial charge >= 0.3 is 6.03 Å². The monoisotopic (exact) mass is 349 g/mol. The number of hydrogen-bond acceptors (Lipinski definition) is 4. The van der Waals surface area contributed by atoms with Crippen LogP contribution < -0.4 is 10.1 Å². The lowest BCUT2D eigenvalue weighted by Gasteiger charge is -2.26. The molecule has 26 heavy (non-hydrogen) atoms. The fourth-order valence-corrected chi connectivity index (χ4v) is 2.95. The van der Waals surface area contributed by atoms with Gasteiger partial charge in [-0.05, 0) is 31.2 Å². The number of aromatic nitrogens is 3. The fraction of sp³-hybridized carbons (Fsp3) is 0.211. The molecular weight excluding hydrogens is 330 g/mol. The molecule has 0 saturated carbocycles. The quantitative estimate of drug-likeness (QED) is 0.772. The highest BCUT2D eigenvalue weighted by Gasteiger charge is 2.25. The first kappa shape index (κ1) is 16.1. The Morgan fingerprint density at radius 3 is 2.96 bits per heavy atom. The van der Waals surface area contributed by atoms with Gasteiger partial charge in [0.1, 0.15) is 12.4 Å². The van der Waals surface area contributed by atoms with Crippen molar-refractivity contribution in [3.05, 3.63) is 66.5 Å². The maximum atomic E-state index is 12.9. The van der Waals surface area contributed by atoms with Crippen LogP contribution >= 0.6 is 0 Å². The van der Waals surface area contributed by atoms with Crippen LogP contribution in [0, 0.1) is 0 Å². The number of benzene rings is 2. The van der Waals surface area contributed by atoms with E-state index in [2.05, 4.69) is 15.6 Å². The van der Waals surface area contributed by atoms with Gasteiger partial charge in [0.25, 0.3) is 0 Å². The molecule has 2 amide bonds. The van der Waals surface area contributed by atoms with Gasteiger partial charge in [-0.2, -0.15) is 0 Å². The number of nitrogens with one attached hydrogen (secondary N) is 1. The lowest BCUT2D eigenvalue weighted by molar-refractivity contribution is 0.168. The molecule has 0 spiro atoms. The van der Waals surface area contributed by atoms with E-state index in [9.17, 15) is 4.79 Å². The van der Waals surface area contributed by atoms with Gasteiger partial charge in [-0.1, -0.05) is 29.5 Å². The molecule has 0 saturated heterocycles. The zero-order valence-electron chi connectivity index (χ0n) is 14.4. The highest BCUT2D eigenvalue weighted by Crippen LogP contribution is 2.25. The van der Waals surface area contributed by atoms with E-state index in [0.717, 1.165) is 17.0 Å². The molecule has 7 heteroatoms. The van der Waals surface area contributed by atoms with Crippen molar-refractivity contribution < 1.29 is 9.53 Å². The van der Waals surface area contributed by atoms with Gasteiger partial charge in [0.2, 0.25) is 0 Å². The SMILES string of the molecule is C[C@@H]1COc2ccccc2CN1C(=O)Nc1cccc(-n2ccnn2)c1. The number of carbonyl (C=O) groups excluding carboxylic acids is 1. The van der Waals surface area contributed by atoms with Crippen LogP contribution in [0.5, 0.6) is 5.75 Å². The van der Waals surface area contributed by atoms with Crippen LogP contribution in [0.3, 0.4) is 0 Å². The van der Waals surface area contributed by atoms with Crippen molar-refractivity contribution in [2.45, 2.75) is 19.5 Å². The number of urea groups is 1. The van der Waals surface area contributed by atoms with Crippen molar-refractivity contribution in [1.29, 1.82) is 0 Å². The maximum Gasteiger partial charge on any atom is 0.322 e. The second-order valence-corrected chi connectivity index (χ2v) is 6.22. The second-order valence-electron chi connectivity index (χ2n) is 6.22. The third kappa shape index (κ3) is 3.23. The summed E-state index contributed by atoms with van der Waals surface area (Å²) in [6, 6.07) is 15.1. The van der Waals surface area contributed by atoms with Gasteiger partial charge < -0.3 is 15.0 Å².